The number of nitrogens with one attached hydrogen (secondary N) is 3. The van der Waals surface area contributed by atoms with Crippen molar-refractivity contribution in [2.75, 3.05) is 6.54 Å². The quantitative estimate of drug-likeness (QED) is 0.595. The van der Waals surface area contributed by atoms with Crippen molar-refractivity contribution in [1.82, 2.24) is 15.6 Å². The van der Waals surface area contributed by atoms with E-state index in [9.17, 15) is 18.0 Å². The highest BCUT2D eigenvalue weighted by Crippen LogP contribution is 2.22. The van der Waals surface area contributed by atoms with E-state index < -0.39 is 21.8 Å². The van der Waals surface area contributed by atoms with E-state index in [1.807, 2.05) is 26.8 Å². The summed E-state index contributed by atoms with van der Waals surface area (Å²) in [4.78, 5) is 25.8. The SMILES string of the molecule is CCc1sc(C(=O)NNC(=O)CCNS(=O)(=O)c2cc(C)ccc2C)cc1C. The molecule has 1 aromatic heterocycles. The number of amides is 2. The second-order valence-corrected chi connectivity index (χ2v) is 9.36. The molecule has 1 heterocycles. The van der Waals surface area contributed by atoms with E-state index in [0.717, 1.165) is 22.4 Å². The van der Waals surface area contributed by atoms with Crippen molar-refractivity contribution < 1.29 is 18.0 Å². The number of aryl methyl sites for hydroxylation is 4. The Labute approximate surface area is 169 Å². The van der Waals surface area contributed by atoms with E-state index in [0.29, 0.717) is 10.4 Å². The molecule has 0 radical (unpaired) electrons. The summed E-state index contributed by atoms with van der Waals surface area (Å²) < 4.78 is 27.2. The Morgan fingerprint density at radius 3 is 2.39 bits per heavy atom. The fraction of sp³-hybridized carbons (Fsp3) is 0.368. The molecule has 0 bridgehead atoms. The number of hydrogen-bond donors (Lipinski definition) is 3. The highest BCUT2D eigenvalue weighted by Gasteiger charge is 2.17. The molecular formula is C19H25N3O4S2. The molecule has 0 aliphatic heterocycles. The summed E-state index contributed by atoms with van der Waals surface area (Å²) in [7, 11) is -3.70. The van der Waals surface area contributed by atoms with E-state index in [1.54, 1.807) is 25.1 Å². The number of rotatable bonds is 7. The summed E-state index contributed by atoms with van der Waals surface area (Å²) in [6.45, 7) is 7.41. The molecule has 7 nitrogen and oxygen atoms in total. The van der Waals surface area contributed by atoms with Crippen LogP contribution in [0.25, 0.3) is 0 Å². The summed E-state index contributed by atoms with van der Waals surface area (Å²) in [5.74, 6) is -0.877. The third kappa shape index (κ3) is 5.63. The van der Waals surface area contributed by atoms with E-state index in [-0.39, 0.29) is 17.9 Å². The molecule has 2 amide bonds. The van der Waals surface area contributed by atoms with Gasteiger partial charge >= 0.3 is 0 Å². The van der Waals surface area contributed by atoms with Crippen molar-refractivity contribution in [3.63, 3.8) is 0 Å². The van der Waals surface area contributed by atoms with Gasteiger partial charge in [-0.2, -0.15) is 0 Å². The number of carbonyl (C=O) groups is 2. The van der Waals surface area contributed by atoms with Gasteiger partial charge in [0.05, 0.1) is 9.77 Å². The molecule has 2 rings (SSSR count). The zero-order chi connectivity index (χ0) is 20.9. The second kappa shape index (κ2) is 9.31. The van der Waals surface area contributed by atoms with Crippen molar-refractivity contribution in [3.05, 3.63) is 50.7 Å². The second-order valence-electron chi connectivity index (χ2n) is 6.49. The van der Waals surface area contributed by atoms with E-state index in [1.165, 1.54) is 11.3 Å². The molecule has 0 aliphatic carbocycles. The van der Waals surface area contributed by atoms with E-state index in [4.69, 9.17) is 0 Å². The summed E-state index contributed by atoms with van der Waals surface area (Å²) in [6.07, 6.45) is 0.741. The van der Waals surface area contributed by atoms with Crippen LogP contribution in [0, 0.1) is 20.8 Å². The van der Waals surface area contributed by atoms with Crippen LogP contribution in [-0.2, 0) is 21.2 Å². The van der Waals surface area contributed by atoms with Gasteiger partial charge in [-0.1, -0.05) is 19.1 Å². The van der Waals surface area contributed by atoms with Gasteiger partial charge in [-0.05, 0) is 56.0 Å². The molecule has 152 valence electrons. The topological polar surface area (TPSA) is 104 Å². The average Bonchev–Trinajstić information content (AvgIpc) is 3.02. The Kier molecular flexibility index (Phi) is 7.34. The van der Waals surface area contributed by atoms with Crippen LogP contribution in [0.2, 0.25) is 0 Å². The summed E-state index contributed by atoms with van der Waals surface area (Å²) >= 11 is 1.39. The smallest absolute Gasteiger partial charge is 0.273 e. The molecule has 0 fully saturated rings. The third-order valence-electron chi connectivity index (χ3n) is 4.16. The Bertz CT molecular complexity index is 981. The minimum atomic E-state index is -3.70. The van der Waals surface area contributed by atoms with E-state index in [2.05, 4.69) is 15.6 Å². The Morgan fingerprint density at radius 1 is 1.04 bits per heavy atom. The minimum absolute atomic E-state index is 0.0739. The first-order valence-corrected chi connectivity index (χ1v) is 11.2. The van der Waals surface area contributed by atoms with Crippen molar-refractivity contribution >= 4 is 33.2 Å². The van der Waals surface area contributed by atoms with Crippen molar-refractivity contribution in [2.24, 2.45) is 0 Å². The average molecular weight is 424 g/mol. The maximum atomic E-state index is 12.4. The first-order chi connectivity index (χ1) is 13.1. The van der Waals surface area contributed by atoms with Crippen molar-refractivity contribution in [1.29, 1.82) is 0 Å². The molecule has 2 aromatic rings. The number of benzene rings is 1. The highest BCUT2D eigenvalue weighted by molar-refractivity contribution is 7.89. The molecule has 9 heteroatoms. The van der Waals surface area contributed by atoms with Crippen LogP contribution in [0.4, 0.5) is 0 Å². The van der Waals surface area contributed by atoms with Gasteiger partial charge in [0.1, 0.15) is 0 Å². The zero-order valence-corrected chi connectivity index (χ0v) is 18.0. The molecule has 28 heavy (non-hydrogen) atoms. The normalized spacial score (nSPS) is 11.3. The summed E-state index contributed by atoms with van der Waals surface area (Å²) in [5.41, 5.74) is 7.17. The zero-order valence-electron chi connectivity index (χ0n) is 16.4. The van der Waals surface area contributed by atoms with Gasteiger partial charge in [-0.3, -0.25) is 20.4 Å². The first-order valence-electron chi connectivity index (χ1n) is 8.89. The van der Waals surface area contributed by atoms with Gasteiger partial charge < -0.3 is 0 Å². The number of carbonyl (C=O) groups excluding carboxylic acids is 2. The lowest BCUT2D eigenvalue weighted by molar-refractivity contribution is -0.121. The molecule has 0 atom stereocenters. The molecule has 1 aromatic carbocycles. The highest BCUT2D eigenvalue weighted by atomic mass is 32.2. The molecule has 0 unspecified atom stereocenters. The van der Waals surface area contributed by atoms with Gasteiger partial charge in [0.2, 0.25) is 15.9 Å². The van der Waals surface area contributed by atoms with Crippen LogP contribution in [0.5, 0.6) is 0 Å². The van der Waals surface area contributed by atoms with Crippen LogP contribution in [-0.4, -0.2) is 26.8 Å². The monoisotopic (exact) mass is 423 g/mol. The predicted octanol–water partition coefficient (Wildman–Crippen LogP) is 2.37. The third-order valence-corrected chi connectivity index (χ3v) is 7.14. The first kappa shape index (κ1) is 22.1. The maximum absolute atomic E-state index is 12.4. The standard InChI is InChI=1S/C19H25N3O4S2/c1-5-15-14(4)11-16(27-15)19(24)22-21-18(23)8-9-20-28(25,26)17-10-12(2)6-7-13(17)3/h6-7,10-11,20H,5,8-9H2,1-4H3,(H,21,23)(H,22,24). The van der Waals surface area contributed by atoms with Crippen LogP contribution >= 0.6 is 11.3 Å². The predicted molar refractivity (Wildman–Crippen MR) is 110 cm³/mol. The lowest BCUT2D eigenvalue weighted by atomic mass is 10.2. The van der Waals surface area contributed by atoms with Gasteiger partial charge in [-0.25, -0.2) is 13.1 Å². The van der Waals surface area contributed by atoms with Crippen LogP contribution in [0.15, 0.2) is 29.2 Å². The minimum Gasteiger partial charge on any atom is -0.273 e. The number of thiophene rings is 1. The van der Waals surface area contributed by atoms with Gasteiger partial charge in [0.25, 0.3) is 5.91 Å². The molecular weight excluding hydrogens is 398 g/mol. The lowest BCUT2D eigenvalue weighted by Gasteiger charge is -2.10. The van der Waals surface area contributed by atoms with Crippen molar-refractivity contribution in [3.8, 4) is 0 Å². The Hall–Kier alpha value is -2.23. The number of sulfonamides is 1. The summed E-state index contributed by atoms with van der Waals surface area (Å²) in [5, 5.41) is 0. The Balaban J connectivity index is 1.83. The molecule has 3 N–H and O–H groups in total. The van der Waals surface area contributed by atoms with Crippen LogP contribution < -0.4 is 15.6 Å². The lowest BCUT2D eigenvalue weighted by Crippen LogP contribution is -2.42. The summed E-state index contributed by atoms with van der Waals surface area (Å²) in [6, 6.07) is 6.94. The van der Waals surface area contributed by atoms with Crippen LogP contribution in [0.3, 0.4) is 0 Å². The molecule has 0 saturated heterocycles. The van der Waals surface area contributed by atoms with Gasteiger partial charge in [0.15, 0.2) is 0 Å². The van der Waals surface area contributed by atoms with E-state index >= 15 is 0 Å². The van der Waals surface area contributed by atoms with Crippen molar-refractivity contribution in [2.45, 2.75) is 45.4 Å². The molecule has 0 saturated carbocycles. The van der Waals surface area contributed by atoms with Gasteiger partial charge in [0, 0.05) is 17.8 Å². The molecule has 0 spiro atoms. The molecule has 0 aliphatic rings. The fourth-order valence-corrected chi connectivity index (χ4v) is 4.98. The fourth-order valence-electron chi connectivity index (χ4n) is 2.61. The number of hydrazine groups is 1. The largest absolute Gasteiger partial charge is 0.279 e. The van der Waals surface area contributed by atoms with Gasteiger partial charge in [-0.15, -0.1) is 11.3 Å². The number of hydrogen-bond acceptors (Lipinski definition) is 5. The maximum Gasteiger partial charge on any atom is 0.279 e. The van der Waals surface area contributed by atoms with Crippen LogP contribution in [0.1, 0.15) is 44.6 Å². The Morgan fingerprint density at radius 2 is 1.75 bits per heavy atom.